The first-order chi connectivity index (χ1) is 5.93. The fourth-order valence-electron chi connectivity index (χ4n) is 0.878. The van der Waals surface area contributed by atoms with E-state index in [0.717, 1.165) is 18.7 Å². The normalized spacial score (nSPS) is 10.4. The first-order valence-electron chi connectivity index (χ1n) is 4.27. The first kappa shape index (κ1) is 9.19. The summed E-state index contributed by atoms with van der Waals surface area (Å²) in [5.41, 5.74) is 0.756. The van der Waals surface area contributed by atoms with Gasteiger partial charge >= 0.3 is 0 Å². The summed E-state index contributed by atoms with van der Waals surface area (Å²) in [6, 6.07) is 0. The first-order valence-corrected chi connectivity index (χ1v) is 4.27. The molecule has 0 atom stereocenters. The average Bonchev–Trinajstić information content (AvgIpc) is 2.57. The van der Waals surface area contributed by atoms with Gasteiger partial charge in [-0.3, -0.25) is 0 Å². The average molecular weight is 170 g/mol. The van der Waals surface area contributed by atoms with Gasteiger partial charge in [0.1, 0.15) is 5.69 Å². The van der Waals surface area contributed by atoms with Crippen molar-refractivity contribution in [3.63, 3.8) is 0 Å². The molecular formula is C8H14N2O2. The van der Waals surface area contributed by atoms with E-state index in [9.17, 15) is 0 Å². The Kier molecular flexibility index (Phi) is 4.37. The topological polar surface area (TPSA) is 48.2 Å². The van der Waals surface area contributed by atoms with Crippen molar-refractivity contribution in [1.29, 1.82) is 0 Å². The summed E-state index contributed by atoms with van der Waals surface area (Å²) in [5, 5.41) is 7.09. The van der Waals surface area contributed by atoms with Crippen molar-refractivity contribution in [2.24, 2.45) is 0 Å². The monoisotopic (exact) mass is 170 g/mol. The molecule has 4 heteroatoms. The minimum absolute atomic E-state index is 0.507. The van der Waals surface area contributed by atoms with Crippen LogP contribution in [-0.4, -0.2) is 16.9 Å². The molecule has 0 aliphatic carbocycles. The van der Waals surface area contributed by atoms with Crippen LogP contribution in [0.1, 0.15) is 31.9 Å². The van der Waals surface area contributed by atoms with Crippen LogP contribution in [0.3, 0.4) is 0 Å². The van der Waals surface area contributed by atoms with Crippen LogP contribution in [0.15, 0.2) is 10.8 Å². The lowest BCUT2D eigenvalue weighted by atomic mass is 10.3. The van der Waals surface area contributed by atoms with E-state index in [1.54, 1.807) is 6.20 Å². The van der Waals surface area contributed by atoms with Gasteiger partial charge in [-0.15, -0.1) is 0 Å². The molecule has 4 nitrogen and oxygen atoms in total. The summed E-state index contributed by atoms with van der Waals surface area (Å²) < 4.78 is 9.73. The highest BCUT2D eigenvalue weighted by atomic mass is 16.6. The molecule has 0 saturated heterocycles. The molecule has 0 aromatic carbocycles. The van der Waals surface area contributed by atoms with Crippen molar-refractivity contribution in [2.75, 3.05) is 6.61 Å². The van der Waals surface area contributed by atoms with E-state index >= 15 is 0 Å². The summed E-state index contributed by atoms with van der Waals surface area (Å²) in [6.07, 6.45) is 5.12. The number of rotatable bonds is 6. The van der Waals surface area contributed by atoms with E-state index in [1.807, 2.05) is 0 Å². The largest absolute Gasteiger partial charge is 0.375 e. The molecule has 1 aromatic heterocycles. The second-order valence-corrected chi connectivity index (χ2v) is 2.66. The lowest BCUT2D eigenvalue weighted by molar-refractivity contribution is 0.111. The zero-order valence-corrected chi connectivity index (χ0v) is 7.32. The Balaban J connectivity index is 1.96. The smallest absolute Gasteiger partial charge is 0.130 e. The van der Waals surface area contributed by atoms with Gasteiger partial charge in [-0.25, -0.2) is 4.63 Å². The summed E-state index contributed by atoms with van der Waals surface area (Å²) in [5.74, 6) is 0. The number of hydrogen-bond acceptors (Lipinski definition) is 4. The number of aromatic nitrogens is 2. The Morgan fingerprint density at radius 1 is 1.50 bits per heavy atom. The molecule has 12 heavy (non-hydrogen) atoms. The van der Waals surface area contributed by atoms with Crippen LogP contribution in [0.5, 0.6) is 0 Å². The van der Waals surface area contributed by atoms with Gasteiger partial charge < -0.3 is 4.74 Å². The maximum Gasteiger partial charge on any atom is 0.130 e. The Morgan fingerprint density at radius 3 is 3.08 bits per heavy atom. The van der Waals surface area contributed by atoms with Crippen molar-refractivity contribution in [1.82, 2.24) is 10.3 Å². The van der Waals surface area contributed by atoms with Crippen LogP contribution >= 0.6 is 0 Å². The third-order valence-electron chi connectivity index (χ3n) is 1.55. The minimum Gasteiger partial charge on any atom is -0.375 e. The Bertz CT molecular complexity index is 187. The van der Waals surface area contributed by atoms with Crippen LogP contribution in [0.2, 0.25) is 0 Å². The van der Waals surface area contributed by atoms with Gasteiger partial charge in [0.15, 0.2) is 0 Å². The summed E-state index contributed by atoms with van der Waals surface area (Å²) in [6.45, 7) is 3.47. The quantitative estimate of drug-likeness (QED) is 0.610. The molecule has 0 spiro atoms. The van der Waals surface area contributed by atoms with Crippen LogP contribution in [0.25, 0.3) is 0 Å². The molecule has 0 N–H and O–H groups in total. The molecule has 0 fully saturated rings. The third kappa shape index (κ3) is 3.48. The minimum atomic E-state index is 0.507. The van der Waals surface area contributed by atoms with Gasteiger partial charge in [-0.05, 0) is 6.42 Å². The zero-order valence-electron chi connectivity index (χ0n) is 7.32. The second kappa shape index (κ2) is 5.71. The maximum absolute atomic E-state index is 5.32. The van der Waals surface area contributed by atoms with Crippen LogP contribution in [0, 0.1) is 0 Å². The molecule has 0 aliphatic heterocycles. The van der Waals surface area contributed by atoms with E-state index < -0.39 is 0 Å². The lowest BCUT2D eigenvalue weighted by Gasteiger charge is -1.98. The Hall–Kier alpha value is -0.900. The van der Waals surface area contributed by atoms with E-state index in [-0.39, 0.29) is 0 Å². The Labute approximate surface area is 71.9 Å². The molecular weight excluding hydrogens is 156 g/mol. The van der Waals surface area contributed by atoms with Crippen LogP contribution in [-0.2, 0) is 11.3 Å². The van der Waals surface area contributed by atoms with E-state index in [2.05, 4.69) is 21.9 Å². The van der Waals surface area contributed by atoms with Crippen molar-refractivity contribution < 1.29 is 9.37 Å². The van der Waals surface area contributed by atoms with Gasteiger partial charge in [-0.1, -0.05) is 30.1 Å². The number of unbranched alkanes of at least 4 members (excludes halogenated alkanes) is 2. The molecule has 0 saturated carbocycles. The van der Waals surface area contributed by atoms with Gasteiger partial charge in [0, 0.05) is 6.61 Å². The molecule has 0 radical (unpaired) electrons. The van der Waals surface area contributed by atoms with Gasteiger partial charge in [0.2, 0.25) is 0 Å². The second-order valence-electron chi connectivity index (χ2n) is 2.66. The summed E-state index contributed by atoms with van der Waals surface area (Å²) in [7, 11) is 0. The molecule has 1 aromatic rings. The highest BCUT2D eigenvalue weighted by molar-refractivity contribution is 4.85. The van der Waals surface area contributed by atoms with E-state index in [4.69, 9.17) is 4.74 Å². The lowest BCUT2D eigenvalue weighted by Crippen LogP contribution is -1.95. The highest BCUT2D eigenvalue weighted by Gasteiger charge is 1.96. The predicted octanol–water partition coefficient (Wildman–Crippen LogP) is 1.78. The van der Waals surface area contributed by atoms with Gasteiger partial charge in [0.25, 0.3) is 0 Å². The van der Waals surface area contributed by atoms with Crippen LogP contribution in [0.4, 0.5) is 0 Å². The standard InChI is InChI=1S/C8H14N2O2/c1-2-3-4-5-11-7-8-6-9-12-10-8/h6H,2-5,7H2,1H3. The van der Waals surface area contributed by atoms with Crippen LogP contribution < -0.4 is 0 Å². The maximum atomic E-state index is 5.32. The van der Waals surface area contributed by atoms with Crippen molar-refractivity contribution in [2.45, 2.75) is 32.8 Å². The van der Waals surface area contributed by atoms with E-state index in [0.29, 0.717) is 6.61 Å². The molecule has 68 valence electrons. The van der Waals surface area contributed by atoms with Crippen molar-refractivity contribution >= 4 is 0 Å². The number of nitrogens with zero attached hydrogens (tertiary/aromatic N) is 2. The van der Waals surface area contributed by atoms with Crippen molar-refractivity contribution in [3.05, 3.63) is 11.9 Å². The predicted molar refractivity (Wildman–Crippen MR) is 43.5 cm³/mol. The molecule has 1 heterocycles. The fraction of sp³-hybridized carbons (Fsp3) is 0.750. The highest BCUT2D eigenvalue weighted by Crippen LogP contribution is 1.98. The molecule has 1 rings (SSSR count). The SMILES string of the molecule is CCCCCOCc1cnon1. The number of ether oxygens (including phenoxy) is 1. The molecule has 0 bridgehead atoms. The van der Waals surface area contributed by atoms with Gasteiger partial charge in [0.05, 0.1) is 12.8 Å². The van der Waals surface area contributed by atoms with Crippen molar-refractivity contribution in [3.8, 4) is 0 Å². The summed E-state index contributed by atoms with van der Waals surface area (Å²) in [4.78, 5) is 0. The van der Waals surface area contributed by atoms with E-state index in [1.165, 1.54) is 12.8 Å². The molecule has 0 aliphatic rings. The summed E-state index contributed by atoms with van der Waals surface area (Å²) >= 11 is 0. The van der Waals surface area contributed by atoms with Gasteiger partial charge in [-0.2, -0.15) is 0 Å². The Morgan fingerprint density at radius 2 is 2.42 bits per heavy atom. The molecule has 0 unspecified atom stereocenters. The molecule has 0 amide bonds. The zero-order chi connectivity index (χ0) is 8.65. The fourth-order valence-corrected chi connectivity index (χ4v) is 0.878. The third-order valence-corrected chi connectivity index (χ3v) is 1.55. The number of hydrogen-bond donors (Lipinski definition) is 0.